The van der Waals surface area contributed by atoms with Gasteiger partial charge < -0.3 is 9.69 Å². The molecule has 0 radical (unpaired) electrons. The molecule has 2 nitrogen and oxygen atoms in total. The van der Waals surface area contributed by atoms with Crippen LogP contribution in [0.3, 0.4) is 0 Å². The lowest BCUT2D eigenvalue weighted by atomic mass is 10.2. The molecule has 2 rings (SSSR count). The van der Waals surface area contributed by atoms with E-state index in [0.29, 0.717) is 10.9 Å². The van der Waals surface area contributed by atoms with Crippen LogP contribution >= 0.6 is 50.9 Å². The molecule has 0 bridgehead atoms. The van der Waals surface area contributed by atoms with Gasteiger partial charge in [0.1, 0.15) is 17.0 Å². The molecular weight excluding hydrogens is 333 g/mol. The Hall–Kier alpha value is 0.1000. The number of rotatable bonds is 2. The zero-order valence-electron chi connectivity index (χ0n) is 8.07. The van der Waals surface area contributed by atoms with Gasteiger partial charge in [0.05, 0.1) is 10.9 Å². The van der Waals surface area contributed by atoms with Crippen molar-refractivity contribution in [2.24, 2.45) is 0 Å². The summed E-state index contributed by atoms with van der Waals surface area (Å²) in [6.07, 6.45) is 0.889. The quantitative estimate of drug-likeness (QED) is 0.604. The third-order valence-corrected chi connectivity index (χ3v) is 5.25. The second-order valence-corrected chi connectivity index (χ2v) is 6.43. The van der Waals surface area contributed by atoms with Crippen LogP contribution < -0.4 is 4.90 Å². The maximum absolute atomic E-state index is 11.0. The molecular formula is C10H8BrCl2NOS. The average Bonchev–Trinajstić information content (AvgIpc) is 2.63. The molecule has 1 aliphatic heterocycles. The van der Waals surface area contributed by atoms with Gasteiger partial charge in [-0.25, -0.2) is 0 Å². The van der Waals surface area contributed by atoms with Crippen molar-refractivity contribution in [3.8, 4) is 0 Å². The predicted molar refractivity (Wildman–Crippen MR) is 73.6 cm³/mol. The van der Waals surface area contributed by atoms with E-state index in [-0.39, 0.29) is 10.8 Å². The van der Waals surface area contributed by atoms with Gasteiger partial charge >= 0.3 is 0 Å². The first-order valence-electron chi connectivity index (χ1n) is 4.56. The number of benzene rings is 1. The molecule has 2 unspecified atom stereocenters. The number of halogens is 3. The lowest BCUT2D eigenvalue weighted by molar-refractivity contribution is -0.108. The van der Waals surface area contributed by atoms with Crippen molar-refractivity contribution in [1.82, 2.24) is 0 Å². The maximum atomic E-state index is 11.0. The summed E-state index contributed by atoms with van der Waals surface area (Å²) in [7, 11) is 0. The topological polar surface area (TPSA) is 20.3 Å². The van der Waals surface area contributed by atoms with E-state index in [4.69, 9.17) is 23.2 Å². The SMILES string of the molecule is O=CC1C(Cl)SCN1c1ccc(Cl)c(Br)c1. The molecule has 0 aliphatic carbocycles. The molecule has 1 heterocycles. The van der Waals surface area contributed by atoms with E-state index in [0.717, 1.165) is 16.4 Å². The molecule has 0 amide bonds. The van der Waals surface area contributed by atoms with Gasteiger partial charge in [-0.3, -0.25) is 0 Å². The second kappa shape index (κ2) is 5.17. The average molecular weight is 341 g/mol. The fourth-order valence-corrected chi connectivity index (χ4v) is 3.40. The highest BCUT2D eigenvalue weighted by atomic mass is 79.9. The second-order valence-electron chi connectivity index (χ2n) is 3.34. The molecule has 16 heavy (non-hydrogen) atoms. The number of carbonyl (C=O) groups is 1. The van der Waals surface area contributed by atoms with Crippen molar-refractivity contribution < 1.29 is 4.79 Å². The Kier molecular flexibility index (Phi) is 4.06. The van der Waals surface area contributed by atoms with E-state index in [2.05, 4.69) is 15.9 Å². The molecule has 1 aromatic rings. The summed E-state index contributed by atoms with van der Waals surface area (Å²) >= 11 is 16.9. The Morgan fingerprint density at radius 1 is 1.56 bits per heavy atom. The van der Waals surface area contributed by atoms with E-state index in [1.165, 1.54) is 0 Å². The number of hydrogen-bond acceptors (Lipinski definition) is 3. The minimum absolute atomic E-state index is 0.188. The Morgan fingerprint density at radius 3 is 2.94 bits per heavy atom. The van der Waals surface area contributed by atoms with Crippen molar-refractivity contribution in [3.63, 3.8) is 0 Å². The standard InChI is InChI=1S/C10H8BrCl2NOS/c11-7-3-6(1-2-8(7)12)14-5-16-10(13)9(14)4-15/h1-4,9-10H,5H2. The van der Waals surface area contributed by atoms with Crippen LogP contribution in [0.1, 0.15) is 0 Å². The zero-order chi connectivity index (χ0) is 11.7. The third kappa shape index (κ3) is 2.35. The first-order chi connectivity index (χ1) is 7.63. The number of anilines is 1. The first kappa shape index (κ1) is 12.6. The summed E-state index contributed by atoms with van der Waals surface area (Å²) in [4.78, 5) is 12.9. The zero-order valence-corrected chi connectivity index (χ0v) is 12.0. The van der Waals surface area contributed by atoms with Gasteiger partial charge in [-0.1, -0.05) is 11.6 Å². The smallest absolute Gasteiger partial charge is 0.144 e. The largest absolute Gasteiger partial charge is 0.350 e. The maximum Gasteiger partial charge on any atom is 0.144 e. The summed E-state index contributed by atoms with van der Waals surface area (Å²) in [5.41, 5.74) is 0.948. The fraction of sp³-hybridized carbons (Fsp3) is 0.300. The molecule has 2 atom stereocenters. The van der Waals surface area contributed by atoms with Gasteiger partial charge in [-0.15, -0.1) is 23.4 Å². The van der Waals surface area contributed by atoms with Gasteiger partial charge in [0.15, 0.2) is 0 Å². The normalized spacial score (nSPS) is 24.8. The highest BCUT2D eigenvalue weighted by Crippen LogP contribution is 2.36. The van der Waals surface area contributed by atoms with Crippen LogP contribution in [-0.4, -0.2) is 22.9 Å². The van der Waals surface area contributed by atoms with E-state index >= 15 is 0 Å². The van der Waals surface area contributed by atoms with Crippen LogP contribution in [0.5, 0.6) is 0 Å². The van der Waals surface area contributed by atoms with E-state index in [9.17, 15) is 4.79 Å². The predicted octanol–water partition coefficient (Wildman–Crippen LogP) is 3.75. The van der Waals surface area contributed by atoms with Crippen LogP contribution in [0, 0.1) is 0 Å². The minimum Gasteiger partial charge on any atom is -0.350 e. The molecule has 1 fully saturated rings. The summed E-state index contributed by atoms with van der Waals surface area (Å²) < 4.78 is 0.631. The summed E-state index contributed by atoms with van der Waals surface area (Å²) in [6.45, 7) is 0. The van der Waals surface area contributed by atoms with E-state index in [1.54, 1.807) is 17.8 Å². The van der Waals surface area contributed by atoms with Gasteiger partial charge in [-0.05, 0) is 34.1 Å². The lowest BCUT2D eigenvalue weighted by Gasteiger charge is -2.22. The van der Waals surface area contributed by atoms with Crippen LogP contribution in [0.2, 0.25) is 5.02 Å². The molecule has 1 saturated heterocycles. The van der Waals surface area contributed by atoms with Gasteiger partial charge in [0.25, 0.3) is 0 Å². The number of alkyl halides is 1. The number of hydrogen-bond donors (Lipinski definition) is 0. The molecule has 86 valence electrons. The number of aldehydes is 1. The Labute approximate surface area is 116 Å². The van der Waals surface area contributed by atoms with Crippen LogP contribution in [0.4, 0.5) is 5.69 Å². The number of carbonyl (C=O) groups excluding carboxylic acids is 1. The van der Waals surface area contributed by atoms with Crippen LogP contribution in [0.15, 0.2) is 22.7 Å². The number of thioether (sulfide) groups is 1. The molecule has 1 aliphatic rings. The van der Waals surface area contributed by atoms with Gasteiger partial charge in [0, 0.05) is 10.2 Å². The van der Waals surface area contributed by atoms with Gasteiger partial charge in [-0.2, -0.15) is 0 Å². The van der Waals surface area contributed by atoms with Crippen LogP contribution in [0.25, 0.3) is 0 Å². The van der Waals surface area contributed by atoms with Crippen molar-refractivity contribution in [2.75, 3.05) is 10.8 Å². The summed E-state index contributed by atoms with van der Waals surface area (Å²) in [6, 6.07) is 5.31. The Bertz CT molecular complexity index is 418. The van der Waals surface area contributed by atoms with E-state index < -0.39 is 0 Å². The fourth-order valence-electron chi connectivity index (χ4n) is 1.52. The van der Waals surface area contributed by atoms with E-state index in [1.807, 2.05) is 17.0 Å². The van der Waals surface area contributed by atoms with Gasteiger partial charge in [0.2, 0.25) is 0 Å². The minimum atomic E-state index is -0.278. The monoisotopic (exact) mass is 339 g/mol. The van der Waals surface area contributed by atoms with Crippen molar-refractivity contribution in [2.45, 2.75) is 10.8 Å². The van der Waals surface area contributed by atoms with Crippen LogP contribution in [-0.2, 0) is 4.79 Å². The first-order valence-corrected chi connectivity index (χ1v) is 7.22. The molecule has 6 heteroatoms. The highest BCUT2D eigenvalue weighted by molar-refractivity contribution is 9.10. The summed E-state index contributed by atoms with van der Waals surface area (Å²) in [5.74, 6) is 0.714. The van der Waals surface area contributed by atoms with Crippen molar-refractivity contribution in [1.29, 1.82) is 0 Å². The molecule has 0 aromatic heterocycles. The molecule has 1 aromatic carbocycles. The third-order valence-electron chi connectivity index (χ3n) is 2.38. The Morgan fingerprint density at radius 2 is 2.31 bits per heavy atom. The molecule has 0 spiro atoms. The Balaban J connectivity index is 2.30. The molecule has 0 saturated carbocycles. The lowest BCUT2D eigenvalue weighted by Crippen LogP contribution is -2.34. The van der Waals surface area contributed by atoms with Crippen molar-refractivity contribution >= 4 is 62.9 Å². The van der Waals surface area contributed by atoms with Crippen molar-refractivity contribution in [3.05, 3.63) is 27.7 Å². The summed E-state index contributed by atoms with van der Waals surface area (Å²) in [5, 5.41) is 0.653. The molecule has 0 N–H and O–H groups in total. The number of nitrogens with zero attached hydrogens (tertiary/aromatic N) is 1. The highest BCUT2D eigenvalue weighted by Gasteiger charge is 2.33.